The molecule has 1 aromatic rings. The molecular formula is C13H20N2S. The number of aromatic nitrogens is 1. The van der Waals surface area contributed by atoms with Gasteiger partial charge in [-0.3, -0.25) is 0 Å². The SMILES string of the molecule is CCCNC1CCCC1Sc1ccccn1. The summed E-state index contributed by atoms with van der Waals surface area (Å²) < 4.78 is 0. The number of hydrogen-bond donors (Lipinski definition) is 1. The van der Waals surface area contributed by atoms with Crippen molar-refractivity contribution in [1.29, 1.82) is 0 Å². The van der Waals surface area contributed by atoms with Crippen LogP contribution in [0, 0.1) is 0 Å². The van der Waals surface area contributed by atoms with Crippen molar-refractivity contribution in [1.82, 2.24) is 10.3 Å². The van der Waals surface area contributed by atoms with Gasteiger partial charge in [0.2, 0.25) is 0 Å². The molecule has 2 nitrogen and oxygen atoms in total. The van der Waals surface area contributed by atoms with Gasteiger partial charge in [-0.2, -0.15) is 0 Å². The Kier molecular flexibility index (Phi) is 4.67. The van der Waals surface area contributed by atoms with Gasteiger partial charge in [0, 0.05) is 17.5 Å². The molecule has 16 heavy (non-hydrogen) atoms. The quantitative estimate of drug-likeness (QED) is 0.850. The highest BCUT2D eigenvalue weighted by Crippen LogP contribution is 2.33. The van der Waals surface area contributed by atoms with Crippen molar-refractivity contribution in [2.75, 3.05) is 6.54 Å². The van der Waals surface area contributed by atoms with E-state index in [1.54, 1.807) is 0 Å². The van der Waals surface area contributed by atoms with Crippen molar-refractivity contribution in [3.63, 3.8) is 0 Å². The zero-order chi connectivity index (χ0) is 11.2. The highest BCUT2D eigenvalue weighted by molar-refractivity contribution is 7.99. The van der Waals surface area contributed by atoms with Crippen LogP contribution in [0.15, 0.2) is 29.4 Å². The molecule has 1 N–H and O–H groups in total. The molecule has 0 saturated heterocycles. The maximum absolute atomic E-state index is 4.39. The third kappa shape index (κ3) is 3.22. The Labute approximate surface area is 102 Å². The van der Waals surface area contributed by atoms with E-state index in [1.165, 1.54) is 25.7 Å². The highest BCUT2D eigenvalue weighted by atomic mass is 32.2. The first-order valence-corrected chi connectivity index (χ1v) is 7.09. The van der Waals surface area contributed by atoms with Gasteiger partial charge in [0.1, 0.15) is 0 Å². The predicted molar refractivity (Wildman–Crippen MR) is 69.8 cm³/mol. The number of nitrogens with one attached hydrogen (secondary N) is 1. The number of hydrogen-bond acceptors (Lipinski definition) is 3. The van der Waals surface area contributed by atoms with Crippen molar-refractivity contribution in [3.05, 3.63) is 24.4 Å². The van der Waals surface area contributed by atoms with Gasteiger partial charge in [-0.15, -0.1) is 11.8 Å². The Bertz CT molecular complexity index is 302. The smallest absolute Gasteiger partial charge is 0.0963 e. The molecule has 88 valence electrons. The molecule has 2 atom stereocenters. The van der Waals surface area contributed by atoms with Crippen LogP contribution in [0.1, 0.15) is 32.6 Å². The third-order valence-corrected chi connectivity index (χ3v) is 4.37. The maximum atomic E-state index is 4.39. The molecule has 2 rings (SSSR count). The average Bonchev–Trinajstić information content (AvgIpc) is 2.75. The van der Waals surface area contributed by atoms with Crippen molar-refractivity contribution in [2.45, 2.75) is 48.9 Å². The first-order chi connectivity index (χ1) is 7.90. The summed E-state index contributed by atoms with van der Waals surface area (Å²) in [5, 5.41) is 5.53. The number of thioether (sulfide) groups is 1. The van der Waals surface area contributed by atoms with E-state index in [4.69, 9.17) is 0 Å². The largest absolute Gasteiger partial charge is 0.313 e. The topological polar surface area (TPSA) is 24.9 Å². The van der Waals surface area contributed by atoms with E-state index in [9.17, 15) is 0 Å². The summed E-state index contributed by atoms with van der Waals surface area (Å²) in [6, 6.07) is 6.84. The van der Waals surface area contributed by atoms with E-state index in [2.05, 4.69) is 29.4 Å². The summed E-state index contributed by atoms with van der Waals surface area (Å²) >= 11 is 1.94. The van der Waals surface area contributed by atoms with E-state index in [0.717, 1.165) is 11.6 Å². The Morgan fingerprint density at radius 3 is 3.12 bits per heavy atom. The van der Waals surface area contributed by atoms with E-state index >= 15 is 0 Å². The summed E-state index contributed by atoms with van der Waals surface area (Å²) in [5.41, 5.74) is 0. The number of nitrogens with zero attached hydrogens (tertiary/aromatic N) is 1. The van der Waals surface area contributed by atoms with Crippen molar-refractivity contribution in [3.8, 4) is 0 Å². The van der Waals surface area contributed by atoms with Crippen LogP contribution in [0.3, 0.4) is 0 Å². The molecule has 1 aromatic heterocycles. The third-order valence-electron chi connectivity index (χ3n) is 3.02. The monoisotopic (exact) mass is 236 g/mol. The van der Waals surface area contributed by atoms with Crippen LogP contribution in [0.25, 0.3) is 0 Å². The molecule has 1 aliphatic carbocycles. The standard InChI is InChI=1S/C13H20N2S/c1-2-9-14-11-6-5-7-12(11)16-13-8-3-4-10-15-13/h3-4,8,10-12,14H,2,5-7,9H2,1H3. The molecule has 1 heterocycles. The lowest BCUT2D eigenvalue weighted by Crippen LogP contribution is -2.34. The highest BCUT2D eigenvalue weighted by Gasteiger charge is 2.27. The fourth-order valence-electron chi connectivity index (χ4n) is 2.20. The van der Waals surface area contributed by atoms with E-state index in [1.807, 2.05) is 24.0 Å². The summed E-state index contributed by atoms with van der Waals surface area (Å²) in [7, 11) is 0. The fraction of sp³-hybridized carbons (Fsp3) is 0.615. The molecule has 1 aliphatic rings. The average molecular weight is 236 g/mol. The van der Waals surface area contributed by atoms with Gasteiger partial charge in [-0.1, -0.05) is 19.4 Å². The molecule has 3 heteroatoms. The molecule has 0 spiro atoms. The molecule has 0 aromatic carbocycles. The van der Waals surface area contributed by atoms with E-state index in [-0.39, 0.29) is 0 Å². The van der Waals surface area contributed by atoms with Crippen LogP contribution >= 0.6 is 11.8 Å². The van der Waals surface area contributed by atoms with Crippen molar-refractivity contribution < 1.29 is 0 Å². The van der Waals surface area contributed by atoms with Gasteiger partial charge in [0.25, 0.3) is 0 Å². The van der Waals surface area contributed by atoms with Gasteiger partial charge in [0.15, 0.2) is 0 Å². The Morgan fingerprint density at radius 1 is 1.44 bits per heavy atom. The molecule has 0 aliphatic heterocycles. The van der Waals surface area contributed by atoms with Crippen molar-refractivity contribution >= 4 is 11.8 Å². The summed E-state index contributed by atoms with van der Waals surface area (Å²) in [6.45, 7) is 3.37. The van der Waals surface area contributed by atoms with Crippen LogP contribution in [0.4, 0.5) is 0 Å². The van der Waals surface area contributed by atoms with Crippen LogP contribution in [0.2, 0.25) is 0 Å². The van der Waals surface area contributed by atoms with Gasteiger partial charge in [0.05, 0.1) is 5.03 Å². The predicted octanol–water partition coefficient (Wildman–Crippen LogP) is 3.09. The van der Waals surface area contributed by atoms with E-state index < -0.39 is 0 Å². The molecule has 0 amide bonds. The summed E-state index contributed by atoms with van der Waals surface area (Å²) in [5.74, 6) is 0. The molecular weight excluding hydrogens is 216 g/mol. The van der Waals surface area contributed by atoms with Crippen LogP contribution in [-0.2, 0) is 0 Å². The number of rotatable bonds is 5. The molecule has 0 radical (unpaired) electrons. The van der Waals surface area contributed by atoms with E-state index in [0.29, 0.717) is 11.3 Å². The summed E-state index contributed by atoms with van der Waals surface area (Å²) in [6.07, 6.45) is 7.10. The molecule has 1 saturated carbocycles. The zero-order valence-electron chi connectivity index (χ0n) is 9.86. The lowest BCUT2D eigenvalue weighted by molar-refractivity contribution is 0.530. The second kappa shape index (κ2) is 6.26. The Hall–Kier alpha value is -0.540. The normalized spacial score (nSPS) is 24.8. The first-order valence-electron chi connectivity index (χ1n) is 6.21. The molecule has 1 fully saturated rings. The minimum Gasteiger partial charge on any atom is -0.313 e. The fourth-order valence-corrected chi connectivity index (χ4v) is 3.47. The van der Waals surface area contributed by atoms with Gasteiger partial charge >= 0.3 is 0 Å². The van der Waals surface area contributed by atoms with Gasteiger partial charge < -0.3 is 5.32 Å². The zero-order valence-corrected chi connectivity index (χ0v) is 10.7. The Morgan fingerprint density at radius 2 is 2.38 bits per heavy atom. The van der Waals surface area contributed by atoms with Crippen LogP contribution in [0.5, 0.6) is 0 Å². The minimum atomic E-state index is 0.687. The second-order valence-corrected chi connectivity index (χ2v) is 5.58. The van der Waals surface area contributed by atoms with Crippen LogP contribution < -0.4 is 5.32 Å². The Balaban J connectivity index is 1.88. The second-order valence-electron chi connectivity index (χ2n) is 4.32. The summed E-state index contributed by atoms with van der Waals surface area (Å²) in [4.78, 5) is 4.39. The minimum absolute atomic E-state index is 0.687. The number of pyridine rings is 1. The lowest BCUT2D eigenvalue weighted by Gasteiger charge is -2.19. The molecule has 2 unspecified atom stereocenters. The first kappa shape index (κ1) is 11.9. The van der Waals surface area contributed by atoms with Gasteiger partial charge in [-0.05, 0) is 37.9 Å². The molecule has 0 bridgehead atoms. The van der Waals surface area contributed by atoms with Crippen LogP contribution in [-0.4, -0.2) is 22.8 Å². The van der Waals surface area contributed by atoms with Crippen molar-refractivity contribution in [2.24, 2.45) is 0 Å². The maximum Gasteiger partial charge on any atom is 0.0963 e. The lowest BCUT2D eigenvalue weighted by atomic mass is 10.2. The van der Waals surface area contributed by atoms with Gasteiger partial charge in [-0.25, -0.2) is 4.98 Å².